The molecule has 0 aliphatic rings. The highest BCUT2D eigenvalue weighted by molar-refractivity contribution is 5.46. The summed E-state index contributed by atoms with van der Waals surface area (Å²) in [5.74, 6) is 0. The Labute approximate surface area is 101 Å². The zero-order valence-electron chi connectivity index (χ0n) is 10.2. The second kappa shape index (κ2) is 5.50. The van der Waals surface area contributed by atoms with E-state index in [1.54, 1.807) is 7.11 Å². The predicted molar refractivity (Wildman–Crippen MR) is 67.8 cm³/mol. The standard InChI is InChI=1S/C13H17N3O/c1-10-12(8-15-16-10)7-14-13-5-3-4-11(6-13)9-17-2/h3-6,8,14H,7,9H2,1-2H3,(H,15,16). The van der Waals surface area contributed by atoms with Crippen molar-refractivity contribution in [2.75, 3.05) is 12.4 Å². The maximum absolute atomic E-state index is 5.11. The Kier molecular flexibility index (Phi) is 3.77. The molecule has 4 heteroatoms. The monoisotopic (exact) mass is 231 g/mol. The molecule has 0 fully saturated rings. The average Bonchev–Trinajstić information content (AvgIpc) is 2.73. The SMILES string of the molecule is COCc1cccc(NCc2cn[nH]c2C)c1. The van der Waals surface area contributed by atoms with Gasteiger partial charge in [0.2, 0.25) is 0 Å². The van der Waals surface area contributed by atoms with E-state index in [0.29, 0.717) is 6.61 Å². The number of nitrogens with zero attached hydrogens (tertiary/aromatic N) is 1. The molecule has 1 aromatic carbocycles. The van der Waals surface area contributed by atoms with Crippen LogP contribution in [0, 0.1) is 6.92 Å². The Morgan fingerprint density at radius 2 is 2.29 bits per heavy atom. The second-order valence-electron chi connectivity index (χ2n) is 4.01. The molecule has 17 heavy (non-hydrogen) atoms. The minimum absolute atomic E-state index is 0.639. The molecule has 0 saturated heterocycles. The molecule has 4 nitrogen and oxygen atoms in total. The van der Waals surface area contributed by atoms with Crippen LogP contribution in [0.25, 0.3) is 0 Å². The van der Waals surface area contributed by atoms with Crippen molar-refractivity contribution in [3.63, 3.8) is 0 Å². The molecular weight excluding hydrogens is 214 g/mol. The van der Waals surface area contributed by atoms with E-state index in [2.05, 4.69) is 33.7 Å². The van der Waals surface area contributed by atoms with E-state index in [4.69, 9.17) is 4.74 Å². The molecule has 0 spiro atoms. The molecule has 0 atom stereocenters. The quantitative estimate of drug-likeness (QED) is 0.831. The highest BCUT2D eigenvalue weighted by Gasteiger charge is 2.00. The van der Waals surface area contributed by atoms with Crippen LogP contribution in [0.5, 0.6) is 0 Å². The van der Waals surface area contributed by atoms with Crippen molar-refractivity contribution in [2.45, 2.75) is 20.1 Å². The van der Waals surface area contributed by atoms with Crippen molar-refractivity contribution < 1.29 is 4.74 Å². The van der Waals surface area contributed by atoms with Crippen molar-refractivity contribution in [3.8, 4) is 0 Å². The number of H-pyrrole nitrogens is 1. The van der Waals surface area contributed by atoms with Crippen molar-refractivity contribution in [1.29, 1.82) is 0 Å². The van der Waals surface area contributed by atoms with E-state index in [-0.39, 0.29) is 0 Å². The number of rotatable bonds is 5. The lowest BCUT2D eigenvalue weighted by molar-refractivity contribution is 0.185. The highest BCUT2D eigenvalue weighted by Crippen LogP contribution is 2.13. The molecule has 90 valence electrons. The van der Waals surface area contributed by atoms with Crippen molar-refractivity contribution >= 4 is 5.69 Å². The van der Waals surface area contributed by atoms with E-state index < -0.39 is 0 Å². The summed E-state index contributed by atoms with van der Waals surface area (Å²) in [7, 11) is 1.70. The number of ether oxygens (including phenoxy) is 1. The van der Waals surface area contributed by atoms with E-state index in [0.717, 1.165) is 17.9 Å². The topological polar surface area (TPSA) is 49.9 Å². The summed E-state index contributed by atoms with van der Waals surface area (Å²) < 4.78 is 5.11. The smallest absolute Gasteiger partial charge is 0.0713 e. The Morgan fingerprint density at radius 1 is 1.41 bits per heavy atom. The molecule has 2 N–H and O–H groups in total. The van der Waals surface area contributed by atoms with Gasteiger partial charge in [0.05, 0.1) is 12.8 Å². The molecular formula is C13H17N3O. The number of benzene rings is 1. The number of aryl methyl sites for hydroxylation is 1. The Bertz CT molecular complexity index is 479. The normalized spacial score (nSPS) is 10.5. The molecule has 0 bridgehead atoms. The fourth-order valence-corrected chi connectivity index (χ4v) is 1.69. The third-order valence-electron chi connectivity index (χ3n) is 2.66. The third kappa shape index (κ3) is 3.07. The van der Waals surface area contributed by atoms with Gasteiger partial charge in [0.15, 0.2) is 0 Å². The Balaban J connectivity index is 1.99. The van der Waals surface area contributed by atoms with Crippen LogP contribution in [-0.4, -0.2) is 17.3 Å². The summed E-state index contributed by atoms with van der Waals surface area (Å²) in [6, 6.07) is 8.23. The van der Waals surface area contributed by atoms with Crippen LogP contribution in [0.3, 0.4) is 0 Å². The summed E-state index contributed by atoms with van der Waals surface area (Å²) in [4.78, 5) is 0. The summed E-state index contributed by atoms with van der Waals surface area (Å²) >= 11 is 0. The maximum atomic E-state index is 5.11. The number of nitrogens with one attached hydrogen (secondary N) is 2. The van der Waals surface area contributed by atoms with Crippen molar-refractivity contribution in [1.82, 2.24) is 10.2 Å². The molecule has 0 aliphatic carbocycles. The number of methoxy groups -OCH3 is 1. The van der Waals surface area contributed by atoms with Crippen molar-refractivity contribution in [3.05, 3.63) is 47.3 Å². The lowest BCUT2D eigenvalue weighted by Crippen LogP contribution is -2.00. The van der Waals surface area contributed by atoms with Gasteiger partial charge >= 0.3 is 0 Å². The average molecular weight is 231 g/mol. The number of aromatic nitrogens is 2. The number of hydrogen-bond donors (Lipinski definition) is 2. The minimum atomic E-state index is 0.639. The number of hydrogen-bond acceptors (Lipinski definition) is 3. The first kappa shape index (κ1) is 11.7. The van der Waals surface area contributed by atoms with Gasteiger partial charge in [-0.2, -0.15) is 5.10 Å². The van der Waals surface area contributed by atoms with Crippen molar-refractivity contribution in [2.24, 2.45) is 0 Å². The summed E-state index contributed by atoms with van der Waals surface area (Å²) in [6.45, 7) is 3.43. The van der Waals surface area contributed by atoms with E-state index in [1.807, 2.05) is 19.2 Å². The first-order valence-electron chi connectivity index (χ1n) is 5.60. The third-order valence-corrected chi connectivity index (χ3v) is 2.66. The molecule has 0 amide bonds. The fraction of sp³-hybridized carbons (Fsp3) is 0.308. The second-order valence-corrected chi connectivity index (χ2v) is 4.01. The Morgan fingerprint density at radius 3 is 3.00 bits per heavy atom. The van der Waals surface area contributed by atoms with E-state index >= 15 is 0 Å². The minimum Gasteiger partial charge on any atom is -0.381 e. The predicted octanol–water partition coefficient (Wildman–Crippen LogP) is 2.48. The van der Waals surface area contributed by atoms with Crippen LogP contribution < -0.4 is 5.32 Å². The van der Waals surface area contributed by atoms with Crippen LogP contribution in [0.4, 0.5) is 5.69 Å². The van der Waals surface area contributed by atoms with Gasteiger partial charge in [0, 0.05) is 30.6 Å². The number of aromatic amines is 1. The van der Waals surface area contributed by atoms with Gasteiger partial charge < -0.3 is 10.1 Å². The zero-order chi connectivity index (χ0) is 12.1. The largest absolute Gasteiger partial charge is 0.381 e. The van der Waals surface area contributed by atoms with Gasteiger partial charge in [0.25, 0.3) is 0 Å². The van der Waals surface area contributed by atoms with Crippen LogP contribution in [0.15, 0.2) is 30.5 Å². The molecule has 2 aromatic rings. The molecule has 1 aromatic heterocycles. The summed E-state index contributed by atoms with van der Waals surface area (Å²) in [5.41, 5.74) is 4.55. The molecule has 1 heterocycles. The van der Waals surface area contributed by atoms with Gasteiger partial charge in [-0.1, -0.05) is 12.1 Å². The van der Waals surface area contributed by atoms with Crippen LogP contribution in [0.2, 0.25) is 0 Å². The number of anilines is 1. The first-order chi connectivity index (χ1) is 8.29. The fourth-order valence-electron chi connectivity index (χ4n) is 1.69. The highest BCUT2D eigenvalue weighted by atomic mass is 16.5. The molecule has 0 saturated carbocycles. The lowest BCUT2D eigenvalue weighted by atomic mass is 10.2. The van der Waals surface area contributed by atoms with Gasteiger partial charge in [-0.25, -0.2) is 0 Å². The first-order valence-corrected chi connectivity index (χ1v) is 5.60. The summed E-state index contributed by atoms with van der Waals surface area (Å²) in [5, 5.41) is 10.3. The van der Waals surface area contributed by atoms with E-state index in [1.165, 1.54) is 11.1 Å². The zero-order valence-corrected chi connectivity index (χ0v) is 10.2. The molecule has 0 unspecified atom stereocenters. The summed E-state index contributed by atoms with van der Waals surface area (Å²) in [6.07, 6.45) is 1.85. The van der Waals surface area contributed by atoms with Gasteiger partial charge in [-0.15, -0.1) is 0 Å². The molecule has 2 rings (SSSR count). The van der Waals surface area contributed by atoms with E-state index in [9.17, 15) is 0 Å². The van der Waals surface area contributed by atoms with Gasteiger partial charge in [-0.3, -0.25) is 5.10 Å². The Hall–Kier alpha value is -1.81. The van der Waals surface area contributed by atoms with Crippen LogP contribution in [0.1, 0.15) is 16.8 Å². The molecule has 0 radical (unpaired) electrons. The van der Waals surface area contributed by atoms with Gasteiger partial charge in [-0.05, 0) is 24.6 Å². The lowest BCUT2D eigenvalue weighted by Gasteiger charge is -2.07. The van der Waals surface area contributed by atoms with Crippen LogP contribution >= 0.6 is 0 Å². The molecule has 0 aliphatic heterocycles. The van der Waals surface area contributed by atoms with Crippen LogP contribution in [-0.2, 0) is 17.9 Å². The maximum Gasteiger partial charge on any atom is 0.0713 e. The van der Waals surface area contributed by atoms with Gasteiger partial charge in [0.1, 0.15) is 0 Å².